The van der Waals surface area contributed by atoms with Gasteiger partial charge in [-0.1, -0.05) is 30.3 Å². The van der Waals surface area contributed by atoms with Crippen molar-refractivity contribution in [2.75, 3.05) is 25.0 Å². The molecule has 2 aromatic carbocycles. The molecule has 0 unspecified atom stereocenters. The summed E-state index contributed by atoms with van der Waals surface area (Å²) in [6, 6.07) is 15.1. The highest BCUT2D eigenvalue weighted by Crippen LogP contribution is 2.48. The highest BCUT2D eigenvalue weighted by Gasteiger charge is 2.45. The lowest BCUT2D eigenvalue weighted by Gasteiger charge is -2.20. The van der Waals surface area contributed by atoms with Crippen molar-refractivity contribution in [3.05, 3.63) is 65.5 Å². The van der Waals surface area contributed by atoms with Crippen LogP contribution in [0.3, 0.4) is 0 Å². The molecule has 2 aliphatic rings. The minimum absolute atomic E-state index is 0. The van der Waals surface area contributed by atoms with E-state index in [1.807, 2.05) is 41.3 Å². The Hall–Kier alpha value is -2.16. The summed E-state index contributed by atoms with van der Waals surface area (Å²) in [6.07, 6.45) is 3.53. The molecule has 5 nitrogen and oxygen atoms in total. The number of benzene rings is 2. The van der Waals surface area contributed by atoms with E-state index in [9.17, 15) is 9.18 Å². The van der Waals surface area contributed by atoms with E-state index < -0.39 is 0 Å². The standard InChI is InChI=1S/C23H27FN4O.HI/c1-25-22(27-16-23(12-13-23)19-5-2-3-6-20(19)24)26-15-17-8-10-18(11-9-17)28-14-4-7-21(28)29;/h2-3,5-6,8-11H,4,7,12-16H2,1H3,(H2,25,26,27);1H. The summed E-state index contributed by atoms with van der Waals surface area (Å²) in [4.78, 5) is 18.0. The van der Waals surface area contributed by atoms with Crippen molar-refractivity contribution in [3.63, 3.8) is 0 Å². The molecule has 1 heterocycles. The Morgan fingerprint density at radius 1 is 1.13 bits per heavy atom. The second-order valence-electron chi connectivity index (χ2n) is 7.85. The van der Waals surface area contributed by atoms with Crippen LogP contribution in [0.1, 0.15) is 36.8 Å². The molecule has 2 aromatic rings. The zero-order valence-electron chi connectivity index (χ0n) is 17.2. The fourth-order valence-electron chi connectivity index (χ4n) is 3.96. The van der Waals surface area contributed by atoms with Crippen LogP contribution in [0, 0.1) is 5.82 Å². The summed E-state index contributed by atoms with van der Waals surface area (Å²) in [5.41, 5.74) is 2.72. The molecule has 7 heteroatoms. The Morgan fingerprint density at radius 2 is 1.87 bits per heavy atom. The average molecular weight is 522 g/mol. The van der Waals surface area contributed by atoms with Gasteiger partial charge in [0.25, 0.3) is 0 Å². The first kappa shape index (κ1) is 22.5. The molecule has 1 saturated carbocycles. The Kier molecular flexibility index (Phi) is 7.33. The maximum absolute atomic E-state index is 14.2. The minimum atomic E-state index is -0.133. The zero-order valence-corrected chi connectivity index (χ0v) is 19.5. The lowest BCUT2D eigenvalue weighted by atomic mass is 9.95. The van der Waals surface area contributed by atoms with E-state index in [1.54, 1.807) is 13.1 Å². The Labute approximate surface area is 194 Å². The number of aliphatic imine (C=N–C) groups is 1. The molecule has 1 amide bonds. The van der Waals surface area contributed by atoms with Crippen molar-refractivity contribution in [2.45, 2.75) is 37.6 Å². The molecule has 30 heavy (non-hydrogen) atoms. The van der Waals surface area contributed by atoms with Crippen molar-refractivity contribution < 1.29 is 9.18 Å². The zero-order chi connectivity index (χ0) is 20.3. The summed E-state index contributed by atoms with van der Waals surface area (Å²) in [5.74, 6) is 0.766. The molecule has 1 saturated heterocycles. The van der Waals surface area contributed by atoms with E-state index >= 15 is 0 Å². The summed E-state index contributed by atoms with van der Waals surface area (Å²) in [5, 5.41) is 6.66. The first-order valence-corrected chi connectivity index (χ1v) is 10.2. The van der Waals surface area contributed by atoms with E-state index in [0.29, 0.717) is 25.5 Å². The predicted octanol–water partition coefficient (Wildman–Crippen LogP) is 3.97. The van der Waals surface area contributed by atoms with Crippen LogP contribution in [0.5, 0.6) is 0 Å². The molecule has 4 rings (SSSR count). The van der Waals surface area contributed by atoms with Gasteiger partial charge in [0.2, 0.25) is 5.91 Å². The third-order valence-electron chi connectivity index (χ3n) is 5.90. The first-order valence-electron chi connectivity index (χ1n) is 10.2. The van der Waals surface area contributed by atoms with Gasteiger partial charge in [-0.2, -0.15) is 0 Å². The molecule has 0 aromatic heterocycles. The first-order chi connectivity index (χ1) is 14.1. The minimum Gasteiger partial charge on any atom is -0.356 e. The van der Waals surface area contributed by atoms with Gasteiger partial charge in [-0.3, -0.25) is 9.79 Å². The van der Waals surface area contributed by atoms with Crippen LogP contribution in [-0.4, -0.2) is 32.0 Å². The third-order valence-corrected chi connectivity index (χ3v) is 5.90. The van der Waals surface area contributed by atoms with E-state index in [-0.39, 0.29) is 41.1 Å². The maximum Gasteiger partial charge on any atom is 0.227 e. The maximum atomic E-state index is 14.2. The predicted molar refractivity (Wildman–Crippen MR) is 129 cm³/mol. The van der Waals surface area contributed by atoms with E-state index in [4.69, 9.17) is 0 Å². The number of amides is 1. The number of nitrogens with zero attached hydrogens (tertiary/aromatic N) is 2. The van der Waals surface area contributed by atoms with Crippen LogP contribution in [0.25, 0.3) is 0 Å². The van der Waals surface area contributed by atoms with Crippen LogP contribution in [0.2, 0.25) is 0 Å². The van der Waals surface area contributed by atoms with Crippen LogP contribution in [0.4, 0.5) is 10.1 Å². The van der Waals surface area contributed by atoms with E-state index in [1.165, 1.54) is 6.07 Å². The van der Waals surface area contributed by atoms with Gasteiger partial charge in [0.15, 0.2) is 5.96 Å². The Balaban J connectivity index is 0.00000256. The van der Waals surface area contributed by atoms with Crippen molar-refractivity contribution in [1.29, 1.82) is 0 Å². The summed E-state index contributed by atoms with van der Waals surface area (Å²) < 4.78 is 14.2. The lowest BCUT2D eigenvalue weighted by Crippen LogP contribution is -2.41. The largest absolute Gasteiger partial charge is 0.356 e. The van der Waals surface area contributed by atoms with Crippen LogP contribution in [0.15, 0.2) is 53.5 Å². The monoisotopic (exact) mass is 522 g/mol. The summed E-state index contributed by atoms with van der Waals surface area (Å²) in [7, 11) is 1.74. The van der Waals surface area contributed by atoms with E-state index in [2.05, 4.69) is 15.6 Å². The lowest BCUT2D eigenvalue weighted by molar-refractivity contribution is -0.117. The van der Waals surface area contributed by atoms with Gasteiger partial charge in [-0.15, -0.1) is 24.0 Å². The molecule has 0 spiro atoms. The topological polar surface area (TPSA) is 56.7 Å². The number of rotatable bonds is 6. The van der Waals surface area contributed by atoms with Gasteiger partial charge in [0.05, 0.1) is 0 Å². The summed E-state index contributed by atoms with van der Waals surface area (Å²) in [6.45, 7) is 2.08. The second-order valence-corrected chi connectivity index (χ2v) is 7.85. The average Bonchev–Trinajstić information content (AvgIpc) is 3.41. The fraction of sp³-hybridized carbons (Fsp3) is 0.391. The molecule has 160 valence electrons. The van der Waals surface area contributed by atoms with Crippen molar-refractivity contribution in [2.24, 2.45) is 4.99 Å². The van der Waals surface area contributed by atoms with Gasteiger partial charge >= 0.3 is 0 Å². The van der Waals surface area contributed by atoms with Crippen LogP contribution in [-0.2, 0) is 16.8 Å². The van der Waals surface area contributed by atoms with Crippen molar-refractivity contribution >= 4 is 41.5 Å². The SMILES string of the molecule is CN=C(NCc1ccc(N2CCCC2=O)cc1)NCC1(c2ccccc2F)CC1.I. The molecule has 1 aliphatic carbocycles. The normalized spacial score (nSPS) is 17.5. The van der Waals surface area contributed by atoms with Gasteiger partial charge in [-0.25, -0.2) is 4.39 Å². The Bertz CT molecular complexity index is 912. The van der Waals surface area contributed by atoms with Crippen molar-refractivity contribution in [3.8, 4) is 0 Å². The van der Waals surface area contributed by atoms with Crippen molar-refractivity contribution in [1.82, 2.24) is 10.6 Å². The number of carbonyl (C=O) groups is 1. The molecule has 0 atom stereocenters. The van der Waals surface area contributed by atoms with Gasteiger partial charge < -0.3 is 15.5 Å². The Morgan fingerprint density at radius 3 is 2.47 bits per heavy atom. The number of hydrogen-bond acceptors (Lipinski definition) is 2. The molecule has 0 radical (unpaired) electrons. The van der Waals surface area contributed by atoms with E-state index in [0.717, 1.165) is 42.6 Å². The second kappa shape index (κ2) is 9.76. The molecule has 1 aliphatic heterocycles. The number of nitrogens with one attached hydrogen (secondary N) is 2. The van der Waals surface area contributed by atoms with Gasteiger partial charge in [0, 0.05) is 44.2 Å². The smallest absolute Gasteiger partial charge is 0.227 e. The highest BCUT2D eigenvalue weighted by atomic mass is 127. The molecule has 2 fully saturated rings. The number of hydrogen-bond donors (Lipinski definition) is 2. The third kappa shape index (κ3) is 4.94. The number of carbonyl (C=O) groups excluding carboxylic acids is 1. The van der Waals surface area contributed by atoms with Gasteiger partial charge in [0.1, 0.15) is 5.82 Å². The number of halogens is 2. The highest BCUT2D eigenvalue weighted by molar-refractivity contribution is 14.0. The summed E-state index contributed by atoms with van der Waals surface area (Å²) >= 11 is 0. The van der Waals surface area contributed by atoms with Gasteiger partial charge in [-0.05, 0) is 48.6 Å². The molecule has 0 bridgehead atoms. The molecule has 2 N–H and O–H groups in total. The van der Waals surface area contributed by atoms with Crippen LogP contribution >= 0.6 is 24.0 Å². The number of guanidine groups is 1. The molecular formula is C23H28FIN4O. The number of anilines is 1. The fourth-order valence-corrected chi connectivity index (χ4v) is 3.96. The molecular weight excluding hydrogens is 494 g/mol. The van der Waals surface area contributed by atoms with Crippen LogP contribution < -0.4 is 15.5 Å². The quantitative estimate of drug-likeness (QED) is 0.343.